The van der Waals surface area contributed by atoms with E-state index in [0.29, 0.717) is 0 Å². The van der Waals surface area contributed by atoms with Gasteiger partial charge in [0.25, 0.3) is 0 Å². The Morgan fingerprint density at radius 3 is 3.06 bits per heavy atom. The van der Waals surface area contributed by atoms with E-state index < -0.39 is 0 Å². The van der Waals surface area contributed by atoms with Crippen LogP contribution in [0.15, 0.2) is 24.3 Å². The van der Waals surface area contributed by atoms with Crippen LogP contribution in [0.1, 0.15) is 23.6 Å². The molecule has 1 atom stereocenters. The lowest BCUT2D eigenvalue weighted by molar-refractivity contribution is 0.217. The Hall–Kier alpha value is -1.55. The van der Waals surface area contributed by atoms with E-state index in [1.165, 1.54) is 11.1 Å². The first-order chi connectivity index (χ1) is 8.70. The van der Waals surface area contributed by atoms with E-state index in [-0.39, 0.29) is 12.1 Å². The number of benzene rings is 1. The van der Waals surface area contributed by atoms with Crippen molar-refractivity contribution < 1.29 is 4.79 Å². The van der Waals surface area contributed by atoms with Crippen molar-refractivity contribution in [3.63, 3.8) is 0 Å². The molecule has 2 rings (SSSR count). The Morgan fingerprint density at radius 2 is 2.33 bits per heavy atom. The molecule has 1 aliphatic rings. The first-order valence-electron chi connectivity index (χ1n) is 6.47. The maximum absolute atomic E-state index is 11.8. The second-order valence-electron chi connectivity index (χ2n) is 4.82. The largest absolute Gasteiger partial charge is 0.329 e. The average molecular weight is 247 g/mol. The predicted molar refractivity (Wildman–Crippen MR) is 72.6 cm³/mol. The number of carbonyl (C=O) groups excluding carboxylic acids is 1. The lowest BCUT2D eigenvalue weighted by Gasteiger charge is -2.14. The van der Waals surface area contributed by atoms with E-state index in [1.807, 2.05) is 18.0 Å². The third-order valence-electron chi connectivity index (χ3n) is 3.29. The molecule has 1 unspecified atom stereocenters. The molecule has 0 bridgehead atoms. The van der Waals surface area contributed by atoms with Gasteiger partial charge in [-0.2, -0.15) is 0 Å². The maximum Gasteiger partial charge on any atom is 0.318 e. The second-order valence-corrected chi connectivity index (χ2v) is 4.82. The summed E-state index contributed by atoms with van der Waals surface area (Å²) in [6.07, 6.45) is 0.991. The lowest BCUT2D eigenvalue weighted by Crippen LogP contribution is -2.30. The van der Waals surface area contributed by atoms with Crippen molar-refractivity contribution >= 4 is 6.03 Å². The van der Waals surface area contributed by atoms with Gasteiger partial charge in [0, 0.05) is 13.1 Å². The first kappa shape index (κ1) is 12.9. The van der Waals surface area contributed by atoms with Crippen LogP contribution in [-0.2, 0) is 0 Å². The quantitative estimate of drug-likeness (QED) is 0.777. The molecule has 0 radical (unpaired) electrons. The monoisotopic (exact) mass is 247 g/mol. The summed E-state index contributed by atoms with van der Waals surface area (Å²) >= 11 is 0. The van der Waals surface area contributed by atoms with E-state index in [1.54, 1.807) is 0 Å². The van der Waals surface area contributed by atoms with Gasteiger partial charge in [-0.3, -0.25) is 0 Å². The van der Waals surface area contributed by atoms with E-state index in [0.717, 1.165) is 26.1 Å². The molecule has 0 spiro atoms. The standard InChI is InChI=1S/C14H21N3O/c1-11-5-3-6-12(9-11)13-10-17(14(18)16-13)8-4-7-15-2/h3,5-6,9,13,15H,4,7-8,10H2,1-2H3,(H,16,18). The lowest BCUT2D eigenvalue weighted by atomic mass is 10.1. The number of aryl methyl sites for hydroxylation is 1. The minimum absolute atomic E-state index is 0.0533. The van der Waals surface area contributed by atoms with Crippen LogP contribution in [0.3, 0.4) is 0 Å². The van der Waals surface area contributed by atoms with E-state index >= 15 is 0 Å². The van der Waals surface area contributed by atoms with Crippen molar-refractivity contribution in [2.45, 2.75) is 19.4 Å². The zero-order chi connectivity index (χ0) is 13.0. The van der Waals surface area contributed by atoms with Gasteiger partial charge >= 0.3 is 6.03 Å². The molecule has 4 heteroatoms. The Morgan fingerprint density at radius 1 is 1.50 bits per heavy atom. The van der Waals surface area contributed by atoms with Crippen LogP contribution in [0, 0.1) is 6.92 Å². The fourth-order valence-corrected chi connectivity index (χ4v) is 2.30. The molecule has 1 heterocycles. The molecule has 18 heavy (non-hydrogen) atoms. The number of carbonyl (C=O) groups is 1. The molecule has 1 saturated heterocycles. The number of nitrogens with one attached hydrogen (secondary N) is 2. The van der Waals surface area contributed by atoms with Crippen molar-refractivity contribution in [1.82, 2.24) is 15.5 Å². The van der Waals surface area contributed by atoms with Crippen molar-refractivity contribution in [2.24, 2.45) is 0 Å². The highest BCUT2D eigenvalue weighted by molar-refractivity contribution is 5.77. The van der Waals surface area contributed by atoms with Gasteiger partial charge in [-0.15, -0.1) is 0 Å². The van der Waals surface area contributed by atoms with E-state index in [2.05, 4.69) is 35.8 Å². The minimum Gasteiger partial charge on any atom is -0.329 e. The molecule has 0 saturated carbocycles. The van der Waals surface area contributed by atoms with Gasteiger partial charge in [0.05, 0.1) is 6.04 Å². The van der Waals surface area contributed by atoms with Gasteiger partial charge in [-0.05, 0) is 32.5 Å². The molecule has 0 aliphatic carbocycles. The van der Waals surface area contributed by atoms with Crippen molar-refractivity contribution in [3.05, 3.63) is 35.4 Å². The van der Waals surface area contributed by atoms with Gasteiger partial charge in [-0.1, -0.05) is 29.8 Å². The molecule has 1 aromatic carbocycles. The topological polar surface area (TPSA) is 44.4 Å². The molecule has 1 fully saturated rings. The number of urea groups is 1. The van der Waals surface area contributed by atoms with E-state index in [4.69, 9.17) is 0 Å². The van der Waals surface area contributed by atoms with Gasteiger partial charge < -0.3 is 15.5 Å². The Kier molecular flexibility index (Phi) is 4.20. The molecule has 4 nitrogen and oxygen atoms in total. The summed E-state index contributed by atoms with van der Waals surface area (Å²) in [5.74, 6) is 0. The van der Waals surface area contributed by atoms with Gasteiger partial charge in [0.2, 0.25) is 0 Å². The molecule has 98 valence electrons. The third-order valence-corrected chi connectivity index (χ3v) is 3.29. The minimum atomic E-state index is 0.0533. The smallest absolute Gasteiger partial charge is 0.318 e. The van der Waals surface area contributed by atoms with Gasteiger partial charge in [-0.25, -0.2) is 4.79 Å². The number of hydrogen-bond acceptors (Lipinski definition) is 2. The highest BCUT2D eigenvalue weighted by Crippen LogP contribution is 2.21. The summed E-state index contributed by atoms with van der Waals surface area (Å²) in [6, 6.07) is 8.52. The van der Waals surface area contributed by atoms with Crippen LogP contribution >= 0.6 is 0 Å². The molecule has 0 aromatic heterocycles. The molecule has 2 amide bonds. The van der Waals surface area contributed by atoms with Crippen LogP contribution in [-0.4, -0.2) is 37.6 Å². The van der Waals surface area contributed by atoms with Crippen LogP contribution in [0.5, 0.6) is 0 Å². The highest BCUT2D eigenvalue weighted by Gasteiger charge is 2.28. The highest BCUT2D eigenvalue weighted by atomic mass is 16.2. The summed E-state index contributed by atoms with van der Waals surface area (Å²) < 4.78 is 0. The van der Waals surface area contributed by atoms with Crippen molar-refractivity contribution in [3.8, 4) is 0 Å². The molecule has 2 N–H and O–H groups in total. The van der Waals surface area contributed by atoms with Crippen LogP contribution in [0.2, 0.25) is 0 Å². The average Bonchev–Trinajstić information content (AvgIpc) is 2.72. The summed E-state index contributed by atoms with van der Waals surface area (Å²) in [5, 5.41) is 6.14. The fourth-order valence-electron chi connectivity index (χ4n) is 2.30. The Labute approximate surface area is 108 Å². The van der Waals surface area contributed by atoms with Crippen molar-refractivity contribution in [1.29, 1.82) is 0 Å². The fraction of sp³-hybridized carbons (Fsp3) is 0.500. The summed E-state index contributed by atoms with van der Waals surface area (Å²) in [4.78, 5) is 13.7. The van der Waals surface area contributed by atoms with E-state index in [9.17, 15) is 4.79 Å². The summed E-state index contributed by atoms with van der Waals surface area (Å²) in [7, 11) is 1.93. The predicted octanol–water partition coefficient (Wildman–Crippen LogP) is 1.67. The van der Waals surface area contributed by atoms with Crippen LogP contribution in [0.4, 0.5) is 4.79 Å². The third kappa shape index (κ3) is 3.01. The number of amides is 2. The van der Waals surface area contributed by atoms with Crippen LogP contribution in [0.25, 0.3) is 0 Å². The summed E-state index contributed by atoms with van der Waals surface area (Å²) in [6.45, 7) is 4.60. The zero-order valence-corrected chi connectivity index (χ0v) is 11.1. The maximum atomic E-state index is 11.8. The normalized spacial score (nSPS) is 19.1. The van der Waals surface area contributed by atoms with Gasteiger partial charge in [0.15, 0.2) is 0 Å². The second kappa shape index (κ2) is 5.87. The van der Waals surface area contributed by atoms with Gasteiger partial charge in [0.1, 0.15) is 0 Å². The molecule has 1 aliphatic heterocycles. The molecular weight excluding hydrogens is 226 g/mol. The Balaban J connectivity index is 1.95. The Bertz CT molecular complexity index is 419. The number of rotatable bonds is 5. The van der Waals surface area contributed by atoms with Crippen molar-refractivity contribution in [2.75, 3.05) is 26.7 Å². The summed E-state index contributed by atoms with van der Waals surface area (Å²) in [5.41, 5.74) is 2.43. The molecule has 1 aromatic rings. The number of hydrogen-bond donors (Lipinski definition) is 2. The zero-order valence-electron chi connectivity index (χ0n) is 11.1. The molecular formula is C14H21N3O. The number of nitrogens with zero attached hydrogens (tertiary/aromatic N) is 1. The SMILES string of the molecule is CNCCCN1CC(c2cccc(C)c2)NC1=O. The van der Waals surface area contributed by atoms with Crippen LogP contribution < -0.4 is 10.6 Å². The first-order valence-corrected chi connectivity index (χ1v) is 6.47.